The summed E-state index contributed by atoms with van der Waals surface area (Å²) in [6, 6.07) is 9.57. The van der Waals surface area contributed by atoms with E-state index in [0.717, 1.165) is 23.4 Å². The third-order valence-electron chi connectivity index (χ3n) is 2.99. The van der Waals surface area contributed by atoms with Crippen LogP contribution >= 0.6 is 0 Å². The highest BCUT2D eigenvalue weighted by atomic mass is 16.1. The summed E-state index contributed by atoms with van der Waals surface area (Å²) in [5.41, 5.74) is 3.71. The maximum Gasteiger partial charge on any atom is 0.253 e. The van der Waals surface area contributed by atoms with Crippen molar-refractivity contribution in [2.75, 3.05) is 11.9 Å². The molecular weight excluding hydrogens is 250 g/mol. The fraction of sp³-hybridized carbons (Fsp3) is 0.250. The Morgan fingerprint density at radius 2 is 1.95 bits per heavy atom. The van der Waals surface area contributed by atoms with E-state index in [-0.39, 0.29) is 5.91 Å². The number of hydrogen-bond acceptors (Lipinski definition) is 3. The van der Waals surface area contributed by atoms with Gasteiger partial charge in [-0.3, -0.25) is 9.78 Å². The molecule has 1 aromatic heterocycles. The van der Waals surface area contributed by atoms with Gasteiger partial charge in [-0.15, -0.1) is 0 Å². The molecule has 0 radical (unpaired) electrons. The van der Waals surface area contributed by atoms with Gasteiger partial charge in [0.1, 0.15) is 0 Å². The first-order valence-electron chi connectivity index (χ1n) is 6.72. The summed E-state index contributed by atoms with van der Waals surface area (Å²) >= 11 is 0. The minimum atomic E-state index is -0.0715. The molecule has 0 aliphatic rings. The van der Waals surface area contributed by atoms with Crippen LogP contribution in [0.2, 0.25) is 0 Å². The molecule has 20 heavy (non-hydrogen) atoms. The number of anilines is 1. The summed E-state index contributed by atoms with van der Waals surface area (Å²) < 4.78 is 0. The Hall–Kier alpha value is -2.36. The summed E-state index contributed by atoms with van der Waals surface area (Å²) in [7, 11) is 0. The SMILES string of the molecule is CCNc1cc(C)ccc1C(=O)NCc1ccncc1. The van der Waals surface area contributed by atoms with Crippen LogP contribution in [0.5, 0.6) is 0 Å². The fourth-order valence-electron chi connectivity index (χ4n) is 1.97. The molecule has 104 valence electrons. The molecule has 2 N–H and O–H groups in total. The third kappa shape index (κ3) is 3.57. The van der Waals surface area contributed by atoms with Crippen molar-refractivity contribution < 1.29 is 4.79 Å². The summed E-state index contributed by atoms with van der Waals surface area (Å²) in [5.74, 6) is -0.0715. The molecule has 2 aromatic rings. The number of aryl methyl sites for hydroxylation is 1. The number of nitrogens with zero attached hydrogens (tertiary/aromatic N) is 1. The van der Waals surface area contributed by atoms with Crippen LogP contribution in [0.25, 0.3) is 0 Å². The van der Waals surface area contributed by atoms with E-state index in [0.29, 0.717) is 12.1 Å². The largest absolute Gasteiger partial charge is 0.385 e. The van der Waals surface area contributed by atoms with Crippen LogP contribution in [-0.2, 0) is 6.54 Å². The smallest absolute Gasteiger partial charge is 0.253 e. The standard InChI is InChI=1S/C16H19N3O/c1-3-18-15-10-12(2)4-5-14(15)16(20)19-11-13-6-8-17-9-7-13/h4-10,18H,3,11H2,1-2H3,(H,19,20). The van der Waals surface area contributed by atoms with Gasteiger partial charge in [-0.05, 0) is 49.2 Å². The lowest BCUT2D eigenvalue weighted by molar-refractivity contribution is 0.0951. The van der Waals surface area contributed by atoms with Gasteiger partial charge in [-0.25, -0.2) is 0 Å². The van der Waals surface area contributed by atoms with Crippen molar-refractivity contribution in [2.24, 2.45) is 0 Å². The molecule has 0 fully saturated rings. The Labute approximate surface area is 119 Å². The van der Waals surface area contributed by atoms with Gasteiger partial charge in [0.15, 0.2) is 0 Å². The van der Waals surface area contributed by atoms with Crippen LogP contribution in [0.4, 0.5) is 5.69 Å². The molecule has 0 unspecified atom stereocenters. The highest BCUT2D eigenvalue weighted by Crippen LogP contribution is 2.17. The Balaban J connectivity index is 2.09. The van der Waals surface area contributed by atoms with Crippen LogP contribution < -0.4 is 10.6 Å². The first-order chi connectivity index (χ1) is 9.70. The number of hydrogen-bond donors (Lipinski definition) is 2. The summed E-state index contributed by atoms with van der Waals surface area (Å²) in [6.07, 6.45) is 3.44. The molecule has 1 heterocycles. The van der Waals surface area contributed by atoms with E-state index >= 15 is 0 Å². The average Bonchev–Trinajstić information content (AvgIpc) is 2.46. The summed E-state index contributed by atoms with van der Waals surface area (Å²) in [6.45, 7) is 5.31. The molecule has 1 aromatic carbocycles. The summed E-state index contributed by atoms with van der Waals surface area (Å²) in [4.78, 5) is 16.2. The van der Waals surface area contributed by atoms with Gasteiger partial charge in [0.2, 0.25) is 0 Å². The molecule has 0 saturated heterocycles. The van der Waals surface area contributed by atoms with Gasteiger partial charge >= 0.3 is 0 Å². The maximum absolute atomic E-state index is 12.3. The molecule has 0 atom stereocenters. The van der Waals surface area contributed by atoms with E-state index in [1.807, 2.05) is 44.2 Å². The van der Waals surface area contributed by atoms with E-state index in [1.54, 1.807) is 12.4 Å². The van der Waals surface area contributed by atoms with Crippen LogP contribution in [0.3, 0.4) is 0 Å². The quantitative estimate of drug-likeness (QED) is 0.877. The Morgan fingerprint density at radius 1 is 1.20 bits per heavy atom. The molecule has 1 amide bonds. The third-order valence-corrected chi connectivity index (χ3v) is 2.99. The molecule has 0 aliphatic carbocycles. The lowest BCUT2D eigenvalue weighted by Gasteiger charge is -2.12. The lowest BCUT2D eigenvalue weighted by Crippen LogP contribution is -2.24. The predicted molar refractivity (Wildman–Crippen MR) is 80.7 cm³/mol. The molecule has 2 rings (SSSR count). The van der Waals surface area contributed by atoms with Crippen molar-refractivity contribution in [3.05, 3.63) is 59.4 Å². The van der Waals surface area contributed by atoms with Crippen molar-refractivity contribution in [1.82, 2.24) is 10.3 Å². The summed E-state index contributed by atoms with van der Waals surface area (Å²) in [5, 5.41) is 6.15. The second-order valence-corrected chi connectivity index (χ2v) is 4.62. The molecule has 4 heteroatoms. The first-order valence-corrected chi connectivity index (χ1v) is 6.72. The van der Waals surface area contributed by atoms with Crippen LogP contribution in [0.1, 0.15) is 28.4 Å². The number of amides is 1. The van der Waals surface area contributed by atoms with Gasteiger partial charge in [0.25, 0.3) is 5.91 Å². The number of rotatable bonds is 5. The van der Waals surface area contributed by atoms with Crippen molar-refractivity contribution >= 4 is 11.6 Å². The van der Waals surface area contributed by atoms with E-state index in [1.165, 1.54) is 0 Å². The Bertz CT molecular complexity index is 582. The molecular formula is C16H19N3O. The first kappa shape index (κ1) is 14.1. The number of benzene rings is 1. The Morgan fingerprint density at radius 3 is 2.65 bits per heavy atom. The highest BCUT2D eigenvalue weighted by molar-refractivity contribution is 5.99. The van der Waals surface area contributed by atoms with E-state index in [4.69, 9.17) is 0 Å². The zero-order chi connectivity index (χ0) is 14.4. The molecule has 0 saturated carbocycles. The maximum atomic E-state index is 12.3. The van der Waals surface area contributed by atoms with Gasteiger partial charge in [-0.2, -0.15) is 0 Å². The monoisotopic (exact) mass is 269 g/mol. The molecule has 0 aliphatic heterocycles. The van der Waals surface area contributed by atoms with E-state index in [9.17, 15) is 4.79 Å². The highest BCUT2D eigenvalue weighted by Gasteiger charge is 2.10. The lowest BCUT2D eigenvalue weighted by atomic mass is 10.1. The second kappa shape index (κ2) is 6.70. The van der Waals surface area contributed by atoms with Gasteiger partial charge in [-0.1, -0.05) is 6.07 Å². The van der Waals surface area contributed by atoms with Crippen molar-refractivity contribution in [2.45, 2.75) is 20.4 Å². The molecule has 4 nitrogen and oxygen atoms in total. The molecule has 0 bridgehead atoms. The topological polar surface area (TPSA) is 54.0 Å². The van der Waals surface area contributed by atoms with E-state index < -0.39 is 0 Å². The van der Waals surface area contributed by atoms with Gasteiger partial charge in [0.05, 0.1) is 5.56 Å². The fourth-order valence-corrected chi connectivity index (χ4v) is 1.97. The average molecular weight is 269 g/mol. The number of nitrogens with one attached hydrogen (secondary N) is 2. The van der Waals surface area contributed by atoms with Crippen LogP contribution in [0.15, 0.2) is 42.7 Å². The van der Waals surface area contributed by atoms with Crippen LogP contribution in [0, 0.1) is 6.92 Å². The number of pyridine rings is 1. The van der Waals surface area contributed by atoms with Gasteiger partial charge < -0.3 is 10.6 Å². The van der Waals surface area contributed by atoms with Crippen LogP contribution in [-0.4, -0.2) is 17.4 Å². The zero-order valence-electron chi connectivity index (χ0n) is 11.8. The number of aromatic nitrogens is 1. The van der Waals surface area contributed by atoms with Crippen molar-refractivity contribution in [3.63, 3.8) is 0 Å². The minimum Gasteiger partial charge on any atom is -0.385 e. The second-order valence-electron chi connectivity index (χ2n) is 4.62. The van der Waals surface area contributed by atoms with Gasteiger partial charge in [0, 0.05) is 31.2 Å². The number of carbonyl (C=O) groups is 1. The predicted octanol–water partition coefficient (Wildman–Crippen LogP) is 2.75. The Kier molecular flexibility index (Phi) is 4.71. The van der Waals surface area contributed by atoms with Crippen molar-refractivity contribution in [3.8, 4) is 0 Å². The number of carbonyl (C=O) groups excluding carboxylic acids is 1. The normalized spacial score (nSPS) is 10.1. The zero-order valence-corrected chi connectivity index (χ0v) is 11.8. The minimum absolute atomic E-state index is 0.0715. The van der Waals surface area contributed by atoms with E-state index in [2.05, 4.69) is 15.6 Å². The van der Waals surface area contributed by atoms with Crippen molar-refractivity contribution in [1.29, 1.82) is 0 Å². The molecule has 0 spiro atoms.